The van der Waals surface area contributed by atoms with E-state index < -0.39 is 0 Å². The summed E-state index contributed by atoms with van der Waals surface area (Å²) in [5.74, 6) is 2.32. The molecular formula is C18H21N5O3. The molecule has 0 aromatic carbocycles. The maximum absolute atomic E-state index is 12.1. The van der Waals surface area contributed by atoms with Crippen molar-refractivity contribution in [1.29, 1.82) is 0 Å². The smallest absolute Gasteiger partial charge is 0.319 e. The van der Waals surface area contributed by atoms with Crippen LogP contribution in [0, 0.1) is 17.8 Å². The van der Waals surface area contributed by atoms with E-state index in [1.165, 1.54) is 17.6 Å². The van der Waals surface area contributed by atoms with Crippen molar-refractivity contribution in [1.82, 2.24) is 10.3 Å². The molecule has 2 N–H and O–H groups in total. The number of nitrogens with one attached hydrogen (secondary N) is 2. The van der Waals surface area contributed by atoms with E-state index in [9.17, 15) is 9.59 Å². The first-order valence-electron chi connectivity index (χ1n) is 9.12. The van der Waals surface area contributed by atoms with Gasteiger partial charge >= 0.3 is 6.03 Å². The van der Waals surface area contributed by atoms with Crippen molar-refractivity contribution < 1.29 is 14.3 Å². The second-order valence-corrected chi connectivity index (χ2v) is 7.66. The van der Waals surface area contributed by atoms with Gasteiger partial charge in [-0.3, -0.25) is 4.79 Å². The second-order valence-electron chi connectivity index (χ2n) is 7.66. The molecule has 8 heteroatoms. The quantitative estimate of drug-likeness (QED) is 0.860. The predicted molar refractivity (Wildman–Crippen MR) is 94.8 cm³/mol. The van der Waals surface area contributed by atoms with Crippen LogP contribution in [0.25, 0.3) is 0 Å². The summed E-state index contributed by atoms with van der Waals surface area (Å²) in [7, 11) is 0. The van der Waals surface area contributed by atoms with Crippen LogP contribution >= 0.6 is 0 Å². The monoisotopic (exact) mass is 355 g/mol. The molecule has 1 saturated carbocycles. The molecule has 26 heavy (non-hydrogen) atoms. The summed E-state index contributed by atoms with van der Waals surface area (Å²) in [5, 5.41) is 11.2. The largest absolute Gasteiger partial charge is 0.374 e. The average molecular weight is 355 g/mol. The topological polar surface area (TPSA) is 95.9 Å². The van der Waals surface area contributed by atoms with Crippen molar-refractivity contribution in [3.63, 3.8) is 0 Å². The third kappa shape index (κ3) is 2.65. The number of ether oxygens (including phenoxy) is 1. The first kappa shape index (κ1) is 15.7. The number of carbonyl (C=O) groups is 2. The molecule has 5 rings (SSSR count). The Kier molecular flexibility index (Phi) is 3.49. The molecule has 2 saturated heterocycles. The summed E-state index contributed by atoms with van der Waals surface area (Å²) in [6, 6.07) is 3.14. The number of hydrogen-bond acceptors (Lipinski definition) is 5. The van der Waals surface area contributed by atoms with Crippen molar-refractivity contribution in [2.24, 2.45) is 22.9 Å². The lowest BCUT2D eigenvalue weighted by atomic mass is 9.89. The van der Waals surface area contributed by atoms with Gasteiger partial charge in [-0.1, -0.05) is 0 Å². The number of fused-ring (bicyclic) bond motifs is 5. The van der Waals surface area contributed by atoms with Gasteiger partial charge in [0.25, 0.3) is 5.91 Å². The molecule has 0 spiro atoms. The van der Waals surface area contributed by atoms with Gasteiger partial charge in [0.1, 0.15) is 0 Å². The summed E-state index contributed by atoms with van der Waals surface area (Å²) in [4.78, 5) is 28.2. The van der Waals surface area contributed by atoms with Crippen LogP contribution in [0.1, 0.15) is 26.2 Å². The van der Waals surface area contributed by atoms with E-state index in [1.54, 1.807) is 12.1 Å². The van der Waals surface area contributed by atoms with Crippen LogP contribution in [0.15, 0.2) is 23.4 Å². The number of amides is 3. The minimum Gasteiger partial charge on any atom is -0.374 e. The van der Waals surface area contributed by atoms with Crippen molar-refractivity contribution >= 4 is 29.2 Å². The molecule has 8 nitrogen and oxygen atoms in total. The van der Waals surface area contributed by atoms with Gasteiger partial charge in [-0.15, -0.1) is 0 Å². The minimum absolute atomic E-state index is 0.0977. The van der Waals surface area contributed by atoms with Gasteiger partial charge in [0.05, 0.1) is 30.5 Å². The van der Waals surface area contributed by atoms with Gasteiger partial charge in [0.2, 0.25) is 0 Å². The lowest BCUT2D eigenvalue weighted by Gasteiger charge is -2.19. The Labute approximate surface area is 151 Å². The van der Waals surface area contributed by atoms with Crippen LogP contribution < -0.4 is 15.6 Å². The van der Waals surface area contributed by atoms with Crippen molar-refractivity contribution in [3.05, 3.63) is 18.3 Å². The van der Waals surface area contributed by atoms with Gasteiger partial charge in [0.15, 0.2) is 5.82 Å². The molecule has 3 amide bonds. The molecule has 1 aromatic rings. The summed E-state index contributed by atoms with van der Waals surface area (Å²) in [6.07, 6.45) is 4.98. The predicted octanol–water partition coefficient (Wildman–Crippen LogP) is 1.74. The Morgan fingerprint density at radius 1 is 1.35 bits per heavy atom. The highest BCUT2D eigenvalue weighted by atomic mass is 16.5. The zero-order valence-electron chi connectivity index (χ0n) is 14.5. The summed E-state index contributed by atoms with van der Waals surface area (Å²) in [6.45, 7) is 2.45. The molecule has 0 unspecified atom stereocenters. The van der Waals surface area contributed by atoms with Gasteiger partial charge in [-0.2, -0.15) is 10.1 Å². The zero-order valence-corrected chi connectivity index (χ0v) is 14.5. The van der Waals surface area contributed by atoms with E-state index in [1.807, 2.05) is 6.92 Å². The van der Waals surface area contributed by atoms with Crippen LogP contribution in [0.4, 0.5) is 16.3 Å². The number of aromatic nitrogens is 1. The fourth-order valence-electron chi connectivity index (χ4n) is 4.49. The fourth-order valence-corrected chi connectivity index (χ4v) is 4.49. The lowest BCUT2D eigenvalue weighted by molar-refractivity contribution is -0.116. The first-order chi connectivity index (χ1) is 12.6. The third-order valence-electron chi connectivity index (χ3n) is 5.78. The SMILES string of the molecule is CC1=NN(c2ccc(NC(=O)NC[C@@H]3C[C@@H]4O[C@H]3[C@H]3C[C@H]34)cn2)C(=O)C1. The zero-order chi connectivity index (χ0) is 17.8. The maximum Gasteiger partial charge on any atom is 0.319 e. The van der Waals surface area contributed by atoms with Gasteiger partial charge < -0.3 is 15.4 Å². The summed E-state index contributed by atoms with van der Waals surface area (Å²) in [5.41, 5.74) is 1.34. The van der Waals surface area contributed by atoms with E-state index in [2.05, 4.69) is 20.7 Å². The van der Waals surface area contributed by atoms with E-state index >= 15 is 0 Å². The normalized spacial score (nSPS) is 33.9. The molecule has 1 aliphatic carbocycles. The Bertz CT molecular complexity index is 793. The molecular weight excluding hydrogens is 334 g/mol. The van der Waals surface area contributed by atoms with Crippen molar-refractivity contribution in [3.8, 4) is 0 Å². The maximum atomic E-state index is 12.1. The number of rotatable bonds is 4. The Balaban J connectivity index is 1.14. The second kappa shape index (κ2) is 5.77. The summed E-state index contributed by atoms with van der Waals surface area (Å²) >= 11 is 0. The molecule has 4 aliphatic rings. The molecule has 5 atom stereocenters. The number of anilines is 2. The number of pyridine rings is 1. The van der Waals surface area contributed by atoms with E-state index in [-0.39, 0.29) is 11.9 Å². The number of hydrogen-bond donors (Lipinski definition) is 2. The Morgan fingerprint density at radius 2 is 2.23 bits per heavy atom. The molecule has 3 fully saturated rings. The minimum atomic E-state index is -0.249. The average Bonchev–Trinajstić information content (AvgIpc) is 3.07. The molecule has 4 heterocycles. The van der Waals surface area contributed by atoms with Crippen LogP contribution in [-0.4, -0.2) is 41.4 Å². The number of urea groups is 1. The van der Waals surface area contributed by atoms with Gasteiger partial charge in [-0.05, 0) is 43.7 Å². The molecule has 3 aliphatic heterocycles. The molecule has 2 bridgehead atoms. The van der Waals surface area contributed by atoms with Crippen LogP contribution in [0.3, 0.4) is 0 Å². The number of carbonyl (C=O) groups excluding carboxylic acids is 2. The third-order valence-corrected chi connectivity index (χ3v) is 5.78. The highest BCUT2D eigenvalue weighted by Crippen LogP contribution is 2.60. The van der Waals surface area contributed by atoms with Gasteiger partial charge in [0, 0.05) is 18.2 Å². The van der Waals surface area contributed by atoms with Crippen LogP contribution in [0.2, 0.25) is 0 Å². The molecule has 1 aromatic heterocycles. The van der Waals surface area contributed by atoms with Gasteiger partial charge in [-0.25, -0.2) is 9.78 Å². The van der Waals surface area contributed by atoms with Crippen LogP contribution in [0.5, 0.6) is 0 Å². The molecule has 136 valence electrons. The fraction of sp³-hybridized carbons (Fsp3) is 0.556. The van der Waals surface area contributed by atoms with E-state index in [0.717, 1.165) is 24.0 Å². The number of nitrogens with zero attached hydrogens (tertiary/aromatic N) is 3. The van der Waals surface area contributed by atoms with Crippen molar-refractivity contribution in [2.75, 3.05) is 16.9 Å². The van der Waals surface area contributed by atoms with Crippen LogP contribution in [-0.2, 0) is 9.53 Å². The summed E-state index contributed by atoms with van der Waals surface area (Å²) < 4.78 is 5.95. The van der Waals surface area contributed by atoms with E-state index in [4.69, 9.17) is 4.74 Å². The Hall–Kier alpha value is -2.48. The highest BCUT2D eigenvalue weighted by Gasteiger charge is 2.62. The Morgan fingerprint density at radius 3 is 2.88 bits per heavy atom. The molecule has 0 radical (unpaired) electrons. The first-order valence-corrected chi connectivity index (χ1v) is 9.12. The standard InChI is InChI=1S/C18H21N5O3/c1-9-4-16(24)23(22-9)15-3-2-11(8-19-15)21-18(25)20-7-10-5-14-12-6-13(12)17(10)26-14/h2-3,8,10,12-14,17H,4-7H2,1H3,(H2,20,21,25)/t10-,12+,13-,14-,17+/m0/s1. The van der Waals surface area contributed by atoms with E-state index in [0.29, 0.717) is 42.6 Å². The highest BCUT2D eigenvalue weighted by molar-refractivity contribution is 6.11. The lowest BCUT2D eigenvalue weighted by Crippen LogP contribution is -2.36. The number of hydrazone groups is 1. The van der Waals surface area contributed by atoms with Crippen molar-refractivity contribution in [2.45, 2.75) is 38.4 Å².